The van der Waals surface area contributed by atoms with Gasteiger partial charge in [-0.05, 0) is 36.9 Å². The monoisotopic (exact) mass is 529 g/mol. The third-order valence-electron chi connectivity index (χ3n) is 6.61. The van der Waals surface area contributed by atoms with Crippen LogP contribution >= 0.6 is 11.6 Å². The fourth-order valence-electron chi connectivity index (χ4n) is 4.72. The van der Waals surface area contributed by atoms with Crippen molar-refractivity contribution in [2.75, 3.05) is 27.2 Å². The predicted octanol–water partition coefficient (Wildman–Crippen LogP) is 4.40. The Kier molecular flexibility index (Phi) is 7.18. The molecule has 0 atom stereocenters. The zero-order valence-corrected chi connectivity index (χ0v) is 22.2. The van der Waals surface area contributed by atoms with Crippen LogP contribution in [0, 0.1) is 0 Å². The molecule has 194 valence electrons. The molecule has 0 saturated carbocycles. The van der Waals surface area contributed by atoms with Gasteiger partial charge in [0.05, 0.1) is 17.8 Å². The van der Waals surface area contributed by atoms with Crippen molar-refractivity contribution in [2.45, 2.75) is 6.54 Å². The second kappa shape index (κ2) is 10.7. The molecule has 2 heterocycles. The Bertz CT molecular complexity index is 1690. The van der Waals surface area contributed by atoms with Gasteiger partial charge in [0.1, 0.15) is 11.3 Å². The largest absolute Gasteiger partial charge is 0.495 e. The minimum absolute atomic E-state index is 0.175. The van der Waals surface area contributed by atoms with E-state index in [4.69, 9.17) is 16.3 Å². The highest BCUT2D eigenvalue weighted by atomic mass is 35.5. The van der Waals surface area contributed by atoms with E-state index >= 15 is 0 Å². The number of aryl methyl sites for hydroxylation is 1. The van der Waals surface area contributed by atoms with E-state index in [0.717, 1.165) is 17.4 Å². The van der Waals surface area contributed by atoms with Gasteiger partial charge in [-0.15, -0.1) is 0 Å². The molecule has 2 aromatic heterocycles. The number of fused-ring (bicyclic) bond motifs is 3. The molecule has 0 spiro atoms. The van der Waals surface area contributed by atoms with Crippen LogP contribution in [0.4, 0.5) is 0 Å². The number of carbonyl (C=O) groups excluding carboxylic acids is 1. The van der Waals surface area contributed by atoms with Crippen molar-refractivity contribution in [1.82, 2.24) is 24.6 Å². The molecule has 0 fully saturated rings. The molecule has 8 nitrogen and oxygen atoms in total. The zero-order valence-electron chi connectivity index (χ0n) is 21.4. The maximum atomic E-state index is 13.7. The van der Waals surface area contributed by atoms with Crippen molar-refractivity contribution in [3.8, 4) is 11.4 Å². The molecule has 0 bridgehead atoms. The average molecular weight is 530 g/mol. The topological polar surface area (TPSA) is 81.4 Å². The van der Waals surface area contributed by atoms with Crippen LogP contribution in [-0.2, 0) is 13.6 Å². The Morgan fingerprint density at radius 3 is 2.55 bits per heavy atom. The van der Waals surface area contributed by atoms with Crippen LogP contribution in [0.25, 0.3) is 27.5 Å². The van der Waals surface area contributed by atoms with E-state index in [1.807, 2.05) is 56.6 Å². The zero-order chi connectivity index (χ0) is 26.8. The van der Waals surface area contributed by atoms with E-state index < -0.39 is 0 Å². The molecule has 0 radical (unpaired) electrons. The van der Waals surface area contributed by atoms with E-state index in [2.05, 4.69) is 27.4 Å². The predicted molar refractivity (Wildman–Crippen MR) is 150 cm³/mol. The third kappa shape index (κ3) is 4.76. The summed E-state index contributed by atoms with van der Waals surface area (Å²) < 4.78 is 8.28. The molecular weight excluding hydrogens is 502 g/mol. The Morgan fingerprint density at radius 1 is 1.08 bits per heavy atom. The second-order valence-electron chi connectivity index (χ2n) is 9.16. The van der Waals surface area contributed by atoms with Crippen LogP contribution in [0.2, 0.25) is 5.02 Å². The summed E-state index contributed by atoms with van der Waals surface area (Å²) in [6.07, 6.45) is 0. The average Bonchev–Trinajstić information content (AvgIpc) is 3.22. The molecule has 38 heavy (non-hydrogen) atoms. The van der Waals surface area contributed by atoms with Crippen molar-refractivity contribution in [1.29, 1.82) is 0 Å². The van der Waals surface area contributed by atoms with Crippen molar-refractivity contribution < 1.29 is 9.53 Å². The molecule has 1 amide bonds. The van der Waals surface area contributed by atoms with Crippen molar-refractivity contribution in [3.63, 3.8) is 0 Å². The van der Waals surface area contributed by atoms with Crippen LogP contribution in [0.15, 0.2) is 77.6 Å². The van der Waals surface area contributed by atoms with Gasteiger partial charge in [0, 0.05) is 43.0 Å². The number of para-hydroxylation sites is 1. The summed E-state index contributed by atoms with van der Waals surface area (Å²) in [6.45, 7) is 1.84. The minimum atomic E-state index is -0.354. The molecule has 0 unspecified atom stereocenters. The number of amides is 1. The molecule has 5 aromatic rings. The number of ether oxygens (including phenoxy) is 1. The van der Waals surface area contributed by atoms with Gasteiger partial charge in [-0.1, -0.05) is 60.1 Å². The van der Waals surface area contributed by atoms with Gasteiger partial charge in [-0.2, -0.15) is 9.78 Å². The maximum absolute atomic E-state index is 13.7. The van der Waals surface area contributed by atoms with Crippen LogP contribution in [0.5, 0.6) is 5.75 Å². The number of hydrogen-bond acceptors (Lipinski definition) is 5. The number of benzene rings is 3. The van der Waals surface area contributed by atoms with Gasteiger partial charge in [-0.25, -0.2) is 0 Å². The standard InChI is InChI=1S/C29H28ClN5O3/c1-33(18-19-9-5-4-6-10-19)16-15-31-28(36)26-25-21-11-7-8-12-23(21)34(2)27(25)29(37)35(32-26)20-13-14-24(38-3)22(30)17-20/h4-14,17H,15-16,18H2,1-3H3,(H,31,36). The first kappa shape index (κ1) is 25.5. The lowest BCUT2D eigenvalue weighted by Gasteiger charge is -2.17. The van der Waals surface area contributed by atoms with Crippen molar-refractivity contribution in [2.24, 2.45) is 7.05 Å². The fourth-order valence-corrected chi connectivity index (χ4v) is 4.97. The molecule has 0 aliphatic rings. The molecule has 0 aliphatic heterocycles. The number of hydrogen-bond donors (Lipinski definition) is 1. The molecule has 9 heteroatoms. The van der Waals surface area contributed by atoms with E-state index in [-0.39, 0.29) is 17.2 Å². The summed E-state index contributed by atoms with van der Waals surface area (Å²) >= 11 is 6.35. The summed E-state index contributed by atoms with van der Waals surface area (Å²) in [4.78, 5) is 29.4. The summed E-state index contributed by atoms with van der Waals surface area (Å²) in [7, 11) is 5.35. The number of nitrogens with one attached hydrogen (secondary N) is 1. The fraction of sp³-hybridized carbons (Fsp3) is 0.207. The van der Waals surface area contributed by atoms with Crippen LogP contribution < -0.4 is 15.6 Å². The van der Waals surface area contributed by atoms with E-state index in [1.165, 1.54) is 17.4 Å². The van der Waals surface area contributed by atoms with Gasteiger partial charge in [-0.3, -0.25) is 9.59 Å². The highest BCUT2D eigenvalue weighted by Gasteiger charge is 2.23. The molecular formula is C29H28ClN5O3. The summed E-state index contributed by atoms with van der Waals surface area (Å²) in [5.74, 6) is 0.125. The smallest absolute Gasteiger partial charge is 0.296 e. The lowest BCUT2D eigenvalue weighted by atomic mass is 10.1. The Morgan fingerprint density at radius 2 is 1.82 bits per heavy atom. The number of carbonyl (C=O) groups is 1. The van der Waals surface area contributed by atoms with Gasteiger partial charge < -0.3 is 19.5 Å². The normalized spacial score (nSPS) is 11.4. The number of methoxy groups -OCH3 is 1. The van der Waals surface area contributed by atoms with Gasteiger partial charge >= 0.3 is 0 Å². The highest BCUT2D eigenvalue weighted by Crippen LogP contribution is 2.30. The lowest BCUT2D eigenvalue weighted by molar-refractivity contribution is 0.0945. The van der Waals surface area contributed by atoms with Crippen molar-refractivity contribution >= 4 is 39.3 Å². The first-order valence-corrected chi connectivity index (χ1v) is 12.6. The van der Waals surface area contributed by atoms with Crippen molar-refractivity contribution in [3.05, 3.63) is 99.4 Å². The molecule has 3 aromatic carbocycles. The second-order valence-corrected chi connectivity index (χ2v) is 9.57. The summed E-state index contributed by atoms with van der Waals surface area (Å²) in [5.41, 5.74) is 2.69. The quantitative estimate of drug-likeness (QED) is 0.322. The SMILES string of the molecule is COc1ccc(-n2nc(C(=O)NCCN(C)Cc3ccccc3)c3c4ccccc4n(C)c3c2=O)cc1Cl. The van der Waals surface area contributed by atoms with E-state index in [1.54, 1.807) is 22.8 Å². The lowest BCUT2D eigenvalue weighted by Crippen LogP contribution is -2.35. The molecule has 0 saturated heterocycles. The van der Waals surface area contributed by atoms with Gasteiger partial charge in [0.25, 0.3) is 11.5 Å². The van der Waals surface area contributed by atoms with Crippen LogP contribution in [0.3, 0.4) is 0 Å². The number of nitrogens with zero attached hydrogens (tertiary/aromatic N) is 4. The summed E-state index contributed by atoms with van der Waals surface area (Å²) in [6, 6.07) is 22.7. The first-order chi connectivity index (χ1) is 18.4. The number of rotatable bonds is 8. The number of halogens is 1. The Hall–Kier alpha value is -4.14. The third-order valence-corrected chi connectivity index (χ3v) is 6.90. The van der Waals surface area contributed by atoms with Crippen LogP contribution in [-0.4, -0.2) is 52.4 Å². The Labute approximate surface area is 225 Å². The minimum Gasteiger partial charge on any atom is -0.495 e. The van der Waals surface area contributed by atoms with E-state index in [0.29, 0.717) is 40.5 Å². The van der Waals surface area contributed by atoms with E-state index in [9.17, 15) is 9.59 Å². The van der Waals surface area contributed by atoms with Crippen LogP contribution in [0.1, 0.15) is 16.1 Å². The van der Waals surface area contributed by atoms with Gasteiger partial charge in [0.2, 0.25) is 0 Å². The molecule has 0 aliphatic carbocycles. The number of likely N-dealkylation sites (N-methyl/N-ethyl adjacent to an activating group) is 1. The molecule has 1 N–H and O–H groups in total. The molecule has 5 rings (SSSR count). The first-order valence-electron chi connectivity index (χ1n) is 12.2. The summed E-state index contributed by atoms with van der Waals surface area (Å²) in [5, 5.41) is 9.21. The maximum Gasteiger partial charge on any atom is 0.296 e. The van der Waals surface area contributed by atoms with Gasteiger partial charge in [0.15, 0.2) is 5.69 Å². The number of aromatic nitrogens is 3. The highest BCUT2D eigenvalue weighted by molar-refractivity contribution is 6.32. The Balaban J connectivity index is 1.52.